The zero-order valence-corrected chi connectivity index (χ0v) is 11.8. The van der Waals surface area contributed by atoms with E-state index < -0.39 is 11.4 Å². The molecule has 1 aliphatic heterocycles. The van der Waals surface area contributed by atoms with E-state index in [2.05, 4.69) is 9.88 Å². The third-order valence-corrected chi connectivity index (χ3v) is 4.36. The number of carboxylic acids is 1. The van der Waals surface area contributed by atoms with Crippen molar-refractivity contribution in [3.05, 3.63) is 18.2 Å². The Bertz CT molecular complexity index is 444. The van der Waals surface area contributed by atoms with Crippen LogP contribution in [-0.2, 0) is 18.3 Å². The molecule has 1 aliphatic rings. The van der Waals surface area contributed by atoms with Crippen molar-refractivity contribution in [2.75, 3.05) is 19.6 Å². The summed E-state index contributed by atoms with van der Waals surface area (Å²) < 4.78 is 2.02. The number of aryl methyl sites for hydroxylation is 1. The lowest BCUT2D eigenvalue weighted by molar-refractivity contribution is -0.152. The molecule has 1 unspecified atom stereocenters. The highest BCUT2D eigenvalue weighted by molar-refractivity contribution is 5.75. The lowest BCUT2D eigenvalue weighted by Gasteiger charge is -2.39. The molecule has 0 saturated carbocycles. The summed E-state index contributed by atoms with van der Waals surface area (Å²) in [6, 6.07) is 0. The second kappa shape index (κ2) is 5.74. The van der Waals surface area contributed by atoms with Crippen molar-refractivity contribution in [3.63, 3.8) is 0 Å². The van der Waals surface area contributed by atoms with E-state index in [0.29, 0.717) is 13.0 Å². The maximum absolute atomic E-state index is 11.5. The second-order valence-corrected chi connectivity index (χ2v) is 5.52. The summed E-state index contributed by atoms with van der Waals surface area (Å²) in [6.07, 6.45) is 7.11. The van der Waals surface area contributed by atoms with Gasteiger partial charge in [0.2, 0.25) is 0 Å². The highest BCUT2D eigenvalue weighted by atomic mass is 16.4. The summed E-state index contributed by atoms with van der Waals surface area (Å²) in [4.78, 5) is 18.1. The molecule has 5 nitrogen and oxygen atoms in total. The van der Waals surface area contributed by atoms with Gasteiger partial charge in [-0.3, -0.25) is 4.79 Å². The number of hydrogen-bond acceptors (Lipinski definition) is 3. The molecule has 106 valence electrons. The van der Waals surface area contributed by atoms with Gasteiger partial charge in [0.1, 0.15) is 5.82 Å². The lowest BCUT2D eigenvalue weighted by atomic mass is 9.77. The summed E-state index contributed by atoms with van der Waals surface area (Å²) in [5.41, 5.74) is -0.542. The highest BCUT2D eigenvalue weighted by Crippen LogP contribution is 2.33. The second-order valence-electron chi connectivity index (χ2n) is 5.52. The van der Waals surface area contributed by atoms with Crippen LogP contribution in [-0.4, -0.2) is 45.2 Å². The first-order chi connectivity index (χ1) is 9.07. The van der Waals surface area contributed by atoms with Crippen LogP contribution in [0.5, 0.6) is 0 Å². The Morgan fingerprint density at radius 2 is 2.37 bits per heavy atom. The quantitative estimate of drug-likeness (QED) is 0.877. The Kier molecular flexibility index (Phi) is 4.24. The molecule has 2 rings (SSSR count). The van der Waals surface area contributed by atoms with E-state index >= 15 is 0 Å². The SMILES string of the molecule is CCC1(C(=O)O)CCCN(CCc2nccn2C)C1. The molecule has 0 bridgehead atoms. The minimum absolute atomic E-state index is 0.542. The van der Waals surface area contributed by atoms with Crippen molar-refractivity contribution in [1.29, 1.82) is 0 Å². The van der Waals surface area contributed by atoms with Gasteiger partial charge in [-0.2, -0.15) is 0 Å². The normalized spacial score (nSPS) is 24.5. The number of likely N-dealkylation sites (tertiary alicyclic amines) is 1. The van der Waals surface area contributed by atoms with Crippen molar-refractivity contribution >= 4 is 5.97 Å². The van der Waals surface area contributed by atoms with Crippen molar-refractivity contribution in [2.24, 2.45) is 12.5 Å². The standard InChI is InChI=1S/C14H23N3O2/c1-3-14(13(18)19)6-4-8-17(11-14)9-5-12-15-7-10-16(12)2/h7,10H,3-6,8-9,11H2,1-2H3,(H,18,19). The molecule has 1 N–H and O–H groups in total. The fraction of sp³-hybridized carbons (Fsp3) is 0.714. The number of aliphatic carboxylic acids is 1. The Labute approximate surface area is 114 Å². The first-order valence-corrected chi connectivity index (χ1v) is 6.99. The molecular weight excluding hydrogens is 242 g/mol. The van der Waals surface area contributed by atoms with Gasteiger partial charge in [0.15, 0.2) is 0 Å². The van der Waals surface area contributed by atoms with E-state index in [9.17, 15) is 9.90 Å². The van der Waals surface area contributed by atoms with E-state index in [1.165, 1.54) is 0 Å². The number of rotatable bonds is 5. The van der Waals surface area contributed by atoms with Gasteiger partial charge >= 0.3 is 5.97 Å². The van der Waals surface area contributed by atoms with Crippen molar-refractivity contribution in [3.8, 4) is 0 Å². The van der Waals surface area contributed by atoms with Crippen LogP contribution in [0.15, 0.2) is 12.4 Å². The van der Waals surface area contributed by atoms with Gasteiger partial charge in [-0.15, -0.1) is 0 Å². The maximum Gasteiger partial charge on any atom is 0.310 e. The van der Waals surface area contributed by atoms with E-state index in [1.54, 1.807) is 6.20 Å². The molecule has 19 heavy (non-hydrogen) atoms. The number of aromatic nitrogens is 2. The molecule has 0 aromatic carbocycles. The van der Waals surface area contributed by atoms with Gasteiger partial charge in [0, 0.05) is 39.0 Å². The highest BCUT2D eigenvalue weighted by Gasteiger charge is 2.40. The number of nitrogens with zero attached hydrogens (tertiary/aromatic N) is 3. The molecule has 2 heterocycles. The largest absolute Gasteiger partial charge is 0.481 e. The maximum atomic E-state index is 11.5. The summed E-state index contributed by atoms with van der Waals surface area (Å²) in [5.74, 6) is 0.416. The molecule has 1 atom stereocenters. The van der Waals surface area contributed by atoms with Gasteiger partial charge < -0.3 is 14.6 Å². The predicted octanol–water partition coefficient (Wildman–Crippen LogP) is 1.54. The first-order valence-electron chi connectivity index (χ1n) is 6.99. The van der Waals surface area contributed by atoms with Crippen molar-refractivity contribution in [2.45, 2.75) is 32.6 Å². The van der Waals surface area contributed by atoms with E-state index in [4.69, 9.17) is 0 Å². The number of carboxylic acid groups (broad SMARTS) is 1. The molecule has 1 aromatic heterocycles. The lowest BCUT2D eigenvalue weighted by Crippen LogP contribution is -2.48. The third kappa shape index (κ3) is 2.97. The van der Waals surface area contributed by atoms with E-state index in [1.807, 2.05) is 24.7 Å². The Morgan fingerprint density at radius 3 is 2.95 bits per heavy atom. The number of imidazole rings is 1. The van der Waals surface area contributed by atoms with Gasteiger partial charge in [0.25, 0.3) is 0 Å². The molecule has 1 aromatic rings. The number of piperidine rings is 1. The average molecular weight is 265 g/mol. The molecule has 0 aliphatic carbocycles. The Morgan fingerprint density at radius 1 is 1.58 bits per heavy atom. The summed E-state index contributed by atoms with van der Waals surface area (Å²) in [6.45, 7) is 4.54. The summed E-state index contributed by atoms with van der Waals surface area (Å²) in [7, 11) is 1.99. The van der Waals surface area contributed by atoms with Crippen molar-refractivity contribution < 1.29 is 9.90 Å². The molecule has 0 spiro atoms. The molecular formula is C14H23N3O2. The van der Waals surface area contributed by atoms with E-state index in [0.717, 1.165) is 38.2 Å². The Hall–Kier alpha value is -1.36. The summed E-state index contributed by atoms with van der Waals surface area (Å²) >= 11 is 0. The predicted molar refractivity (Wildman–Crippen MR) is 72.9 cm³/mol. The molecule has 1 fully saturated rings. The van der Waals surface area contributed by atoms with Crippen molar-refractivity contribution in [1.82, 2.24) is 14.5 Å². The fourth-order valence-corrected chi connectivity index (χ4v) is 2.93. The summed E-state index contributed by atoms with van der Waals surface area (Å²) in [5, 5.41) is 9.46. The molecule has 5 heteroatoms. The van der Waals surface area contributed by atoms with Crippen LogP contribution in [0.2, 0.25) is 0 Å². The first kappa shape index (κ1) is 14.1. The van der Waals surface area contributed by atoms with Crippen LogP contribution in [0.4, 0.5) is 0 Å². The van der Waals surface area contributed by atoms with Crippen LogP contribution in [0, 0.1) is 5.41 Å². The van der Waals surface area contributed by atoms with Crippen LogP contribution in [0.1, 0.15) is 32.0 Å². The average Bonchev–Trinajstić information content (AvgIpc) is 2.82. The zero-order chi connectivity index (χ0) is 13.9. The van der Waals surface area contributed by atoms with Gasteiger partial charge in [-0.25, -0.2) is 4.98 Å². The number of carbonyl (C=O) groups is 1. The fourth-order valence-electron chi connectivity index (χ4n) is 2.93. The van der Waals surface area contributed by atoms with Gasteiger partial charge in [-0.05, 0) is 25.8 Å². The monoisotopic (exact) mass is 265 g/mol. The topological polar surface area (TPSA) is 58.4 Å². The van der Waals surface area contributed by atoms with Crippen LogP contribution in [0.25, 0.3) is 0 Å². The smallest absolute Gasteiger partial charge is 0.310 e. The van der Waals surface area contributed by atoms with Gasteiger partial charge in [0.05, 0.1) is 5.41 Å². The van der Waals surface area contributed by atoms with E-state index in [-0.39, 0.29) is 0 Å². The molecule has 1 saturated heterocycles. The molecule has 0 amide bonds. The zero-order valence-electron chi connectivity index (χ0n) is 11.8. The number of hydrogen-bond donors (Lipinski definition) is 1. The van der Waals surface area contributed by atoms with Crippen LogP contribution >= 0.6 is 0 Å². The molecule has 0 radical (unpaired) electrons. The minimum Gasteiger partial charge on any atom is -0.481 e. The van der Waals surface area contributed by atoms with Gasteiger partial charge in [-0.1, -0.05) is 6.92 Å². The third-order valence-electron chi connectivity index (χ3n) is 4.36. The van der Waals surface area contributed by atoms with Crippen LogP contribution < -0.4 is 0 Å². The van der Waals surface area contributed by atoms with Crippen LogP contribution in [0.3, 0.4) is 0 Å². The Balaban J connectivity index is 1.94. The minimum atomic E-state index is -0.642.